The van der Waals surface area contributed by atoms with Gasteiger partial charge in [-0.15, -0.1) is 0 Å². The summed E-state index contributed by atoms with van der Waals surface area (Å²) in [6.07, 6.45) is 3.41. The minimum atomic E-state index is 0.923. The molecule has 2 heterocycles. The number of piperidine rings is 1. The van der Waals surface area contributed by atoms with Gasteiger partial charge in [0.2, 0.25) is 0 Å². The summed E-state index contributed by atoms with van der Waals surface area (Å²) in [6, 6.07) is 0. The summed E-state index contributed by atoms with van der Waals surface area (Å²) in [4.78, 5) is 4.32. The third kappa shape index (κ3) is 0.793. The summed E-state index contributed by atoms with van der Waals surface area (Å²) < 4.78 is 0. The molecule has 0 saturated carbocycles. The van der Waals surface area contributed by atoms with Crippen LogP contribution in [0.2, 0.25) is 0 Å². The molecule has 0 atom stereocenters. The molecule has 2 rings (SSSR count). The fourth-order valence-electron chi connectivity index (χ4n) is 1.33. The Labute approximate surface area is 54.7 Å². The average molecular weight is 122 g/mol. The van der Waals surface area contributed by atoms with Crippen molar-refractivity contribution in [3.8, 4) is 0 Å². The normalized spacial score (nSPS) is 24.9. The van der Waals surface area contributed by atoms with Gasteiger partial charge in [-0.05, 0) is 18.5 Å². The van der Waals surface area contributed by atoms with Crippen molar-refractivity contribution in [1.82, 2.24) is 5.32 Å². The Hall–Kier alpha value is -0.630. The van der Waals surface area contributed by atoms with Crippen LogP contribution in [0.1, 0.15) is 6.42 Å². The molecule has 0 bridgehead atoms. The lowest BCUT2D eigenvalue weighted by atomic mass is 10.1. The number of rotatable bonds is 0. The molecule has 2 heteroatoms. The summed E-state index contributed by atoms with van der Waals surface area (Å²) in [5.41, 5.74) is 2.77. The first kappa shape index (κ1) is 5.18. The lowest BCUT2D eigenvalue weighted by Crippen LogP contribution is -2.30. The highest BCUT2D eigenvalue weighted by Gasteiger charge is 2.14. The number of fused-ring (bicyclic) bond motifs is 1. The van der Waals surface area contributed by atoms with E-state index in [0.717, 1.165) is 19.6 Å². The molecule has 0 aromatic carbocycles. The van der Waals surface area contributed by atoms with Crippen LogP contribution in [0.5, 0.6) is 0 Å². The van der Waals surface area contributed by atoms with Crippen LogP contribution in [-0.2, 0) is 0 Å². The second-order valence-electron chi connectivity index (χ2n) is 2.44. The Kier molecular flexibility index (Phi) is 1.12. The number of hydrogen-bond donors (Lipinski definition) is 1. The summed E-state index contributed by atoms with van der Waals surface area (Å²) in [6.45, 7) is 3.04. The van der Waals surface area contributed by atoms with Crippen molar-refractivity contribution in [2.75, 3.05) is 19.6 Å². The lowest BCUT2D eigenvalue weighted by Gasteiger charge is -2.14. The van der Waals surface area contributed by atoms with Gasteiger partial charge >= 0.3 is 0 Å². The van der Waals surface area contributed by atoms with Crippen molar-refractivity contribution in [2.45, 2.75) is 6.42 Å². The van der Waals surface area contributed by atoms with Crippen LogP contribution in [0.3, 0.4) is 0 Å². The van der Waals surface area contributed by atoms with E-state index < -0.39 is 0 Å². The van der Waals surface area contributed by atoms with E-state index in [-0.39, 0.29) is 0 Å². The molecule has 0 aromatic heterocycles. The Balaban J connectivity index is 2.22. The standard InChI is InChI=1S/C7H10N2/c1-3-8-5-7-6(1)2-4-9-7/h2,8H,1,3-5H2. The molecule has 0 spiro atoms. The first-order valence-corrected chi connectivity index (χ1v) is 3.40. The van der Waals surface area contributed by atoms with Gasteiger partial charge in [0.05, 0.1) is 12.3 Å². The predicted octanol–water partition coefficient (Wildman–Crippen LogP) is 0.361. The number of aliphatic imine (C=N–C) groups is 1. The highest BCUT2D eigenvalue weighted by molar-refractivity contribution is 6.03. The van der Waals surface area contributed by atoms with Gasteiger partial charge < -0.3 is 5.32 Å². The van der Waals surface area contributed by atoms with Gasteiger partial charge in [0.25, 0.3) is 0 Å². The minimum Gasteiger partial charge on any atom is -0.311 e. The topological polar surface area (TPSA) is 24.4 Å². The Bertz CT molecular complexity index is 159. The highest BCUT2D eigenvalue weighted by Crippen LogP contribution is 2.12. The van der Waals surface area contributed by atoms with E-state index in [1.165, 1.54) is 17.7 Å². The van der Waals surface area contributed by atoms with Crippen molar-refractivity contribution in [3.05, 3.63) is 11.6 Å². The summed E-state index contributed by atoms with van der Waals surface area (Å²) in [5, 5.41) is 3.28. The first-order chi connectivity index (χ1) is 4.47. The van der Waals surface area contributed by atoms with Gasteiger partial charge in [-0.25, -0.2) is 0 Å². The molecular weight excluding hydrogens is 112 g/mol. The predicted molar refractivity (Wildman–Crippen MR) is 37.9 cm³/mol. The molecule has 0 amide bonds. The Morgan fingerprint density at radius 3 is 3.44 bits per heavy atom. The van der Waals surface area contributed by atoms with E-state index in [1.54, 1.807) is 0 Å². The van der Waals surface area contributed by atoms with Crippen LogP contribution >= 0.6 is 0 Å². The molecular formula is C7H10N2. The molecule has 0 aliphatic carbocycles. The van der Waals surface area contributed by atoms with E-state index in [4.69, 9.17) is 0 Å². The molecule has 0 aromatic rings. The van der Waals surface area contributed by atoms with E-state index in [9.17, 15) is 0 Å². The van der Waals surface area contributed by atoms with Gasteiger partial charge in [0.15, 0.2) is 0 Å². The molecule has 48 valence electrons. The molecule has 2 aliphatic rings. The maximum atomic E-state index is 4.32. The van der Waals surface area contributed by atoms with E-state index >= 15 is 0 Å². The maximum Gasteiger partial charge on any atom is 0.0580 e. The second-order valence-corrected chi connectivity index (χ2v) is 2.44. The molecule has 2 nitrogen and oxygen atoms in total. The fraction of sp³-hybridized carbons (Fsp3) is 0.571. The van der Waals surface area contributed by atoms with Crippen LogP contribution in [0.25, 0.3) is 0 Å². The maximum absolute atomic E-state index is 4.32. The SMILES string of the molecule is C1=C2CCNCC2=NC1. The van der Waals surface area contributed by atoms with Crippen molar-refractivity contribution >= 4 is 5.71 Å². The zero-order valence-corrected chi connectivity index (χ0v) is 5.35. The largest absolute Gasteiger partial charge is 0.311 e. The Morgan fingerprint density at radius 1 is 1.56 bits per heavy atom. The van der Waals surface area contributed by atoms with Gasteiger partial charge in [-0.2, -0.15) is 0 Å². The monoisotopic (exact) mass is 122 g/mol. The number of nitrogens with zero attached hydrogens (tertiary/aromatic N) is 1. The fourth-order valence-corrected chi connectivity index (χ4v) is 1.33. The zero-order chi connectivity index (χ0) is 6.10. The van der Waals surface area contributed by atoms with Gasteiger partial charge in [0, 0.05) is 6.54 Å². The number of hydrogen-bond acceptors (Lipinski definition) is 2. The summed E-state index contributed by atoms with van der Waals surface area (Å²) in [5.74, 6) is 0. The number of nitrogens with one attached hydrogen (secondary N) is 1. The van der Waals surface area contributed by atoms with Crippen molar-refractivity contribution < 1.29 is 0 Å². The molecule has 2 aliphatic heterocycles. The highest BCUT2D eigenvalue weighted by atomic mass is 14.9. The van der Waals surface area contributed by atoms with Gasteiger partial charge in [-0.1, -0.05) is 6.08 Å². The van der Waals surface area contributed by atoms with E-state index in [1.807, 2.05) is 0 Å². The van der Waals surface area contributed by atoms with Gasteiger partial charge in [0.1, 0.15) is 0 Å². The van der Waals surface area contributed by atoms with Crippen LogP contribution < -0.4 is 5.32 Å². The molecule has 0 radical (unpaired) electrons. The van der Waals surface area contributed by atoms with Crippen molar-refractivity contribution in [2.24, 2.45) is 4.99 Å². The Morgan fingerprint density at radius 2 is 2.56 bits per heavy atom. The quantitative estimate of drug-likeness (QED) is 0.493. The van der Waals surface area contributed by atoms with Crippen LogP contribution in [0, 0.1) is 0 Å². The van der Waals surface area contributed by atoms with Crippen LogP contribution in [0.15, 0.2) is 16.6 Å². The second kappa shape index (κ2) is 1.95. The third-order valence-electron chi connectivity index (χ3n) is 1.85. The molecule has 0 unspecified atom stereocenters. The zero-order valence-electron chi connectivity index (χ0n) is 5.35. The summed E-state index contributed by atoms with van der Waals surface area (Å²) in [7, 11) is 0. The lowest BCUT2D eigenvalue weighted by molar-refractivity contribution is 0.735. The van der Waals surface area contributed by atoms with Gasteiger partial charge in [-0.3, -0.25) is 4.99 Å². The average Bonchev–Trinajstić information content (AvgIpc) is 2.33. The van der Waals surface area contributed by atoms with Crippen molar-refractivity contribution in [1.29, 1.82) is 0 Å². The molecule has 9 heavy (non-hydrogen) atoms. The van der Waals surface area contributed by atoms with Crippen molar-refractivity contribution in [3.63, 3.8) is 0 Å². The first-order valence-electron chi connectivity index (χ1n) is 3.40. The van der Waals surface area contributed by atoms with E-state index in [2.05, 4.69) is 16.4 Å². The third-order valence-corrected chi connectivity index (χ3v) is 1.85. The van der Waals surface area contributed by atoms with Crippen LogP contribution in [-0.4, -0.2) is 25.3 Å². The molecule has 1 saturated heterocycles. The summed E-state index contributed by atoms with van der Waals surface area (Å²) >= 11 is 0. The molecule has 1 N–H and O–H groups in total. The van der Waals surface area contributed by atoms with E-state index in [0.29, 0.717) is 0 Å². The molecule has 1 fully saturated rings. The smallest absolute Gasteiger partial charge is 0.0580 e. The van der Waals surface area contributed by atoms with Crippen LogP contribution in [0.4, 0.5) is 0 Å². The minimum absolute atomic E-state index is 0.923.